The van der Waals surface area contributed by atoms with Gasteiger partial charge in [-0.1, -0.05) is 23.7 Å². The molecule has 2 nitrogen and oxygen atoms in total. The van der Waals surface area contributed by atoms with Crippen LogP contribution in [-0.4, -0.2) is 11.1 Å². The highest BCUT2D eigenvalue weighted by molar-refractivity contribution is 6.31. The van der Waals surface area contributed by atoms with Crippen molar-refractivity contribution in [3.05, 3.63) is 34.3 Å². The van der Waals surface area contributed by atoms with E-state index in [1.54, 1.807) is 12.1 Å². The number of rotatable bonds is 5. The number of carbonyl (C=O) groups is 1. The van der Waals surface area contributed by atoms with Crippen molar-refractivity contribution in [3.63, 3.8) is 0 Å². The first-order chi connectivity index (χ1) is 8.50. The molecule has 2 atom stereocenters. The number of benzene rings is 1. The molecule has 2 rings (SSSR count). The Balaban J connectivity index is 2.40. The molecule has 4 heteroatoms. The summed E-state index contributed by atoms with van der Waals surface area (Å²) in [6.07, 6.45) is 0.906. The number of hydrogen-bond donors (Lipinski definition) is 1. The summed E-state index contributed by atoms with van der Waals surface area (Å²) in [5.41, 5.74) is 1.22. The fourth-order valence-electron chi connectivity index (χ4n) is 2.51. The van der Waals surface area contributed by atoms with Gasteiger partial charge in [-0.3, -0.25) is 4.79 Å². The minimum absolute atomic E-state index is 0.0464. The molecule has 0 saturated heterocycles. The second-order valence-electron chi connectivity index (χ2n) is 4.90. The Morgan fingerprint density at radius 3 is 2.72 bits per heavy atom. The lowest BCUT2D eigenvalue weighted by atomic mass is 9.86. The Morgan fingerprint density at radius 1 is 1.56 bits per heavy atom. The van der Waals surface area contributed by atoms with E-state index in [9.17, 15) is 9.18 Å². The molecule has 1 fully saturated rings. The Bertz CT molecular complexity index is 455. The first-order valence-electron chi connectivity index (χ1n) is 6.15. The van der Waals surface area contributed by atoms with E-state index in [0.29, 0.717) is 16.5 Å². The normalized spacial score (nSPS) is 18.4. The molecular formula is C14H16ClFO2. The molecule has 1 aliphatic rings. The Hall–Kier alpha value is -1.09. The lowest BCUT2D eigenvalue weighted by molar-refractivity contribution is -0.137. The summed E-state index contributed by atoms with van der Waals surface area (Å²) >= 11 is 6.04. The highest BCUT2D eigenvalue weighted by atomic mass is 35.5. The smallest absolute Gasteiger partial charge is 0.303 e. The summed E-state index contributed by atoms with van der Waals surface area (Å²) in [7, 11) is 0. The van der Waals surface area contributed by atoms with Gasteiger partial charge in [0.15, 0.2) is 0 Å². The molecule has 1 aromatic carbocycles. The Kier molecular flexibility index (Phi) is 3.91. The van der Waals surface area contributed by atoms with Gasteiger partial charge in [-0.05, 0) is 43.2 Å². The van der Waals surface area contributed by atoms with Crippen LogP contribution >= 0.6 is 11.6 Å². The van der Waals surface area contributed by atoms with Crippen molar-refractivity contribution in [2.75, 3.05) is 0 Å². The van der Waals surface area contributed by atoms with Gasteiger partial charge in [-0.25, -0.2) is 4.39 Å². The van der Waals surface area contributed by atoms with Crippen LogP contribution in [0.5, 0.6) is 0 Å². The zero-order valence-electron chi connectivity index (χ0n) is 10.2. The number of halogens is 2. The van der Waals surface area contributed by atoms with Crippen LogP contribution in [0.4, 0.5) is 4.39 Å². The monoisotopic (exact) mass is 270 g/mol. The minimum atomic E-state index is -1.18. The van der Waals surface area contributed by atoms with Gasteiger partial charge in [0.05, 0.1) is 6.42 Å². The van der Waals surface area contributed by atoms with Gasteiger partial charge in [-0.2, -0.15) is 0 Å². The van der Waals surface area contributed by atoms with E-state index in [-0.39, 0.29) is 12.3 Å². The molecule has 1 saturated carbocycles. The van der Waals surface area contributed by atoms with Crippen LogP contribution in [-0.2, 0) is 4.79 Å². The number of carboxylic acid groups (broad SMARTS) is 1. The summed E-state index contributed by atoms with van der Waals surface area (Å²) in [5, 5.41) is 9.38. The molecule has 0 amide bonds. The molecule has 1 N–H and O–H groups in total. The van der Waals surface area contributed by atoms with Gasteiger partial charge < -0.3 is 5.11 Å². The molecule has 0 heterocycles. The maximum Gasteiger partial charge on any atom is 0.303 e. The summed E-state index contributed by atoms with van der Waals surface area (Å²) in [4.78, 5) is 11.0. The van der Waals surface area contributed by atoms with E-state index in [1.165, 1.54) is 6.92 Å². The van der Waals surface area contributed by atoms with Crippen molar-refractivity contribution in [1.82, 2.24) is 0 Å². The maximum atomic E-state index is 13.7. The number of aliphatic carboxylic acids is 1. The lowest BCUT2D eigenvalue weighted by Gasteiger charge is -2.20. The molecule has 1 aromatic rings. The largest absolute Gasteiger partial charge is 0.481 e. The van der Waals surface area contributed by atoms with Crippen LogP contribution in [0.3, 0.4) is 0 Å². The predicted molar refractivity (Wildman–Crippen MR) is 68.7 cm³/mol. The molecular weight excluding hydrogens is 255 g/mol. The summed E-state index contributed by atoms with van der Waals surface area (Å²) < 4.78 is 13.7. The highest BCUT2D eigenvalue weighted by Gasteiger charge is 2.35. The zero-order valence-corrected chi connectivity index (χ0v) is 11.0. The van der Waals surface area contributed by atoms with Crippen LogP contribution in [0.1, 0.15) is 49.4 Å². The SMILES string of the molecule is CC(F)c1c(Cl)cccc1C(CC(=O)O)C1CC1. The number of hydrogen-bond acceptors (Lipinski definition) is 1. The predicted octanol–water partition coefficient (Wildman–Crippen LogP) is 4.34. The van der Waals surface area contributed by atoms with Crippen LogP contribution in [0.25, 0.3) is 0 Å². The van der Waals surface area contributed by atoms with Crippen LogP contribution in [0, 0.1) is 5.92 Å². The Labute approximate surface area is 111 Å². The summed E-state index contributed by atoms with van der Waals surface area (Å²) in [5.74, 6) is -0.601. The van der Waals surface area contributed by atoms with Crippen molar-refractivity contribution in [2.24, 2.45) is 5.92 Å². The molecule has 98 valence electrons. The van der Waals surface area contributed by atoms with Crippen molar-refractivity contribution in [3.8, 4) is 0 Å². The lowest BCUT2D eigenvalue weighted by Crippen LogP contribution is -2.11. The Morgan fingerprint density at radius 2 is 2.22 bits per heavy atom. The van der Waals surface area contributed by atoms with Gasteiger partial charge >= 0.3 is 5.97 Å². The van der Waals surface area contributed by atoms with Crippen molar-refractivity contribution >= 4 is 17.6 Å². The fourth-order valence-corrected chi connectivity index (χ4v) is 2.85. The minimum Gasteiger partial charge on any atom is -0.481 e. The van der Waals surface area contributed by atoms with Crippen molar-refractivity contribution in [1.29, 1.82) is 0 Å². The van der Waals surface area contributed by atoms with Gasteiger partial charge in [0, 0.05) is 10.6 Å². The van der Waals surface area contributed by atoms with E-state index in [1.807, 2.05) is 6.07 Å². The van der Waals surface area contributed by atoms with E-state index in [2.05, 4.69) is 0 Å². The molecule has 0 aromatic heterocycles. The van der Waals surface area contributed by atoms with E-state index in [0.717, 1.165) is 18.4 Å². The van der Waals surface area contributed by atoms with Crippen molar-refractivity contribution < 1.29 is 14.3 Å². The van der Waals surface area contributed by atoms with Crippen LogP contribution < -0.4 is 0 Å². The molecule has 1 aliphatic carbocycles. The van der Waals surface area contributed by atoms with Gasteiger partial charge in [0.25, 0.3) is 0 Å². The topological polar surface area (TPSA) is 37.3 Å². The van der Waals surface area contributed by atoms with Gasteiger partial charge in [0.2, 0.25) is 0 Å². The van der Waals surface area contributed by atoms with E-state index < -0.39 is 12.1 Å². The third kappa shape index (κ3) is 2.83. The first kappa shape index (κ1) is 13.3. The fraction of sp³-hybridized carbons (Fsp3) is 0.500. The maximum absolute atomic E-state index is 13.7. The van der Waals surface area contributed by atoms with Gasteiger partial charge in [0.1, 0.15) is 6.17 Å². The average molecular weight is 271 g/mol. The summed E-state index contributed by atoms with van der Waals surface area (Å²) in [6.45, 7) is 1.44. The summed E-state index contributed by atoms with van der Waals surface area (Å²) in [6, 6.07) is 5.23. The molecule has 2 unspecified atom stereocenters. The number of alkyl halides is 1. The van der Waals surface area contributed by atoms with Gasteiger partial charge in [-0.15, -0.1) is 0 Å². The van der Waals surface area contributed by atoms with Crippen molar-refractivity contribution in [2.45, 2.75) is 38.3 Å². The first-order valence-corrected chi connectivity index (χ1v) is 6.52. The molecule has 18 heavy (non-hydrogen) atoms. The van der Waals surface area contributed by atoms with E-state index in [4.69, 9.17) is 16.7 Å². The zero-order chi connectivity index (χ0) is 13.3. The average Bonchev–Trinajstić information content (AvgIpc) is 3.08. The van der Waals surface area contributed by atoms with Crippen LogP contribution in [0.2, 0.25) is 5.02 Å². The van der Waals surface area contributed by atoms with Crippen LogP contribution in [0.15, 0.2) is 18.2 Å². The molecule has 0 spiro atoms. The third-order valence-electron chi connectivity index (χ3n) is 3.47. The number of carboxylic acids is 1. The molecule has 0 aliphatic heterocycles. The highest BCUT2D eigenvalue weighted by Crippen LogP contribution is 2.47. The third-order valence-corrected chi connectivity index (χ3v) is 3.80. The molecule has 0 bridgehead atoms. The molecule has 0 radical (unpaired) electrons. The van der Waals surface area contributed by atoms with E-state index >= 15 is 0 Å². The standard InChI is InChI=1S/C14H16ClFO2/c1-8(16)14-10(3-2-4-12(14)15)11(7-13(17)18)9-5-6-9/h2-4,8-9,11H,5-7H2,1H3,(H,17,18). The quantitative estimate of drug-likeness (QED) is 0.864. The second-order valence-corrected chi connectivity index (χ2v) is 5.31. The second kappa shape index (κ2) is 5.27.